The Bertz CT molecular complexity index is 347. The van der Waals surface area contributed by atoms with Gasteiger partial charge in [0.1, 0.15) is 0 Å². The van der Waals surface area contributed by atoms with E-state index in [-0.39, 0.29) is 24.0 Å². The molecule has 136 valence electrons. The zero-order valence-electron chi connectivity index (χ0n) is 15.1. The lowest BCUT2D eigenvalue weighted by atomic mass is 10.1. The molecule has 0 aromatic rings. The molecule has 0 radical (unpaired) electrons. The monoisotopic (exact) mass is 438 g/mol. The molecule has 0 spiro atoms. The van der Waals surface area contributed by atoms with E-state index in [1.54, 1.807) is 0 Å². The number of nitrogens with zero attached hydrogens (tertiary/aromatic N) is 2. The van der Waals surface area contributed by atoms with E-state index >= 15 is 0 Å². The Hall–Kier alpha value is -0.530. The molecule has 0 atom stereocenters. The van der Waals surface area contributed by atoms with Gasteiger partial charge in [-0.2, -0.15) is 0 Å². The van der Waals surface area contributed by atoms with Gasteiger partial charge in [0.05, 0.1) is 0 Å². The van der Waals surface area contributed by atoms with Gasteiger partial charge in [0, 0.05) is 39.1 Å². The van der Waals surface area contributed by atoms with E-state index in [2.05, 4.69) is 36.4 Å². The quantitative estimate of drug-likeness (QED) is 0.239. The van der Waals surface area contributed by atoms with Crippen LogP contribution in [0.2, 0.25) is 0 Å². The Morgan fingerprint density at radius 3 is 2.65 bits per heavy atom. The summed E-state index contributed by atoms with van der Waals surface area (Å²) in [7, 11) is 0. The number of halogens is 1. The Morgan fingerprint density at radius 1 is 1.26 bits per heavy atom. The molecule has 23 heavy (non-hydrogen) atoms. The number of hydrogen-bond acceptors (Lipinski definition) is 2. The molecule has 1 fully saturated rings. The summed E-state index contributed by atoms with van der Waals surface area (Å²) in [4.78, 5) is 18.1. The third kappa shape index (κ3) is 10.8. The Morgan fingerprint density at radius 2 is 2.04 bits per heavy atom. The highest BCUT2D eigenvalue weighted by Crippen LogP contribution is 2.09. The van der Waals surface area contributed by atoms with E-state index in [9.17, 15) is 4.79 Å². The Balaban J connectivity index is 0.00000484. The van der Waals surface area contributed by atoms with Crippen molar-refractivity contribution in [3.8, 4) is 0 Å². The molecule has 0 bridgehead atoms. The normalized spacial score (nSPS) is 15.0. The number of aliphatic imine (C=N–C) groups is 1. The van der Waals surface area contributed by atoms with Crippen molar-refractivity contribution >= 4 is 35.8 Å². The Labute approximate surface area is 159 Å². The van der Waals surface area contributed by atoms with Crippen molar-refractivity contribution in [3.05, 3.63) is 0 Å². The van der Waals surface area contributed by atoms with Crippen LogP contribution in [0.15, 0.2) is 4.99 Å². The van der Waals surface area contributed by atoms with Gasteiger partial charge >= 0.3 is 0 Å². The minimum absolute atomic E-state index is 0. The average Bonchev–Trinajstić information content (AvgIpc) is 2.88. The first-order valence-electron chi connectivity index (χ1n) is 8.93. The number of rotatable bonds is 10. The fraction of sp³-hybridized carbons (Fsp3) is 0.882. The van der Waals surface area contributed by atoms with Crippen molar-refractivity contribution in [2.45, 2.75) is 59.3 Å². The van der Waals surface area contributed by atoms with Crippen LogP contribution < -0.4 is 10.6 Å². The molecular weight excluding hydrogens is 403 g/mol. The first-order valence-corrected chi connectivity index (χ1v) is 8.93. The molecule has 1 aliphatic rings. The van der Waals surface area contributed by atoms with Crippen LogP contribution in [0.4, 0.5) is 0 Å². The van der Waals surface area contributed by atoms with Gasteiger partial charge in [0.25, 0.3) is 0 Å². The number of hydrogen-bond donors (Lipinski definition) is 2. The number of unbranched alkanes of at least 4 members (excludes halogenated alkanes) is 1. The molecule has 1 aliphatic heterocycles. The molecule has 0 aromatic heterocycles. The maximum atomic E-state index is 11.5. The highest BCUT2D eigenvalue weighted by atomic mass is 127. The predicted molar refractivity (Wildman–Crippen MR) is 109 cm³/mol. The van der Waals surface area contributed by atoms with Crippen molar-refractivity contribution < 1.29 is 4.79 Å². The number of carbonyl (C=O) groups excluding carboxylic acids is 1. The number of amides is 1. The molecule has 6 heteroatoms. The van der Waals surface area contributed by atoms with Crippen LogP contribution in [0.25, 0.3) is 0 Å². The van der Waals surface area contributed by atoms with Gasteiger partial charge in [-0.1, -0.05) is 26.7 Å². The molecule has 2 N–H and O–H groups in total. The highest BCUT2D eigenvalue weighted by Gasteiger charge is 2.18. The first-order chi connectivity index (χ1) is 10.6. The van der Waals surface area contributed by atoms with Gasteiger partial charge in [-0.15, -0.1) is 24.0 Å². The van der Waals surface area contributed by atoms with E-state index < -0.39 is 0 Å². The number of guanidine groups is 1. The second kappa shape index (κ2) is 13.9. The second-order valence-electron chi connectivity index (χ2n) is 6.41. The van der Waals surface area contributed by atoms with Gasteiger partial charge < -0.3 is 15.5 Å². The summed E-state index contributed by atoms with van der Waals surface area (Å²) in [6, 6.07) is 0. The lowest BCUT2D eigenvalue weighted by Gasteiger charge is -2.15. The second-order valence-corrected chi connectivity index (χ2v) is 6.41. The van der Waals surface area contributed by atoms with Crippen molar-refractivity contribution in [2.75, 3.05) is 32.7 Å². The molecular formula is C17H35IN4O. The zero-order chi connectivity index (χ0) is 16.2. The molecule has 1 rings (SSSR count). The van der Waals surface area contributed by atoms with E-state index in [0.717, 1.165) is 63.9 Å². The van der Waals surface area contributed by atoms with Crippen molar-refractivity contribution in [1.29, 1.82) is 0 Å². The fourth-order valence-electron chi connectivity index (χ4n) is 2.62. The molecule has 5 nitrogen and oxygen atoms in total. The van der Waals surface area contributed by atoms with Gasteiger partial charge in [-0.25, -0.2) is 0 Å². The number of carbonyl (C=O) groups is 1. The predicted octanol–water partition coefficient (Wildman–Crippen LogP) is 3.00. The number of nitrogens with one attached hydrogen (secondary N) is 2. The average molecular weight is 438 g/mol. The topological polar surface area (TPSA) is 56.7 Å². The molecule has 1 saturated heterocycles. The summed E-state index contributed by atoms with van der Waals surface area (Å²) in [6.07, 6.45) is 6.42. The SMILES string of the molecule is CCNC(=NCCCN1CCCC1=O)NCCCCC(C)C.I. The molecule has 0 unspecified atom stereocenters. The third-order valence-corrected chi connectivity index (χ3v) is 3.87. The molecule has 1 amide bonds. The number of likely N-dealkylation sites (tertiary alicyclic amines) is 1. The van der Waals surface area contributed by atoms with Crippen LogP contribution >= 0.6 is 24.0 Å². The fourth-order valence-corrected chi connectivity index (χ4v) is 2.62. The maximum absolute atomic E-state index is 11.5. The summed E-state index contributed by atoms with van der Waals surface area (Å²) >= 11 is 0. The standard InChI is InChI=1S/C17H34N4O.HI/c1-4-18-17(19-11-6-5-9-15(2)3)20-12-8-14-21-13-7-10-16(21)22;/h15H,4-14H2,1-3H3,(H2,18,19,20);1H. The van der Waals surface area contributed by atoms with Gasteiger partial charge in [-0.3, -0.25) is 9.79 Å². The minimum Gasteiger partial charge on any atom is -0.357 e. The van der Waals surface area contributed by atoms with Crippen molar-refractivity contribution in [1.82, 2.24) is 15.5 Å². The van der Waals surface area contributed by atoms with Crippen LogP contribution in [-0.2, 0) is 4.79 Å². The maximum Gasteiger partial charge on any atom is 0.222 e. The Kier molecular flexibility index (Phi) is 13.5. The van der Waals surface area contributed by atoms with Crippen molar-refractivity contribution in [2.24, 2.45) is 10.9 Å². The van der Waals surface area contributed by atoms with Crippen LogP contribution in [-0.4, -0.2) is 49.5 Å². The summed E-state index contributed by atoms with van der Waals surface area (Å²) in [5.74, 6) is 1.99. The lowest BCUT2D eigenvalue weighted by Crippen LogP contribution is -2.38. The molecule has 0 aliphatic carbocycles. The van der Waals surface area contributed by atoms with Gasteiger partial charge in [0.2, 0.25) is 5.91 Å². The summed E-state index contributed by atoms with van der Waals surface area (Å²) in [5, 5.41) is 6.67. The molecule has 0 aromatic carbocycles. The first kappa shape index (κ1) is 22.5. The van der Waals surface area contributed by atoms with Gasteiger partial charge in [-0.05, 0) is 32.1 Å². The van der Waals surface area contributed by atoms with E-state index in [4.69, 9.17) is 0 Å². The van der Waals surface area contributed by atoms with E-state index in [1.165, 1.54) is 19.3 Å². The van der Waals surface area contributed by atoms with Crippen LogP contribution in [0.5, 0.6) is 0 Å². The van der Waals surface area contributed by atoms with E-state index in [1.807, 2.05) is 4.90 Å². The largest absolute Gasteiger partial charge is 0.357 e. The summed E-state index contributed by atoms with van der Waals surface area (Å²) in [5.41, 5.74) is 0. The van der Waals surface area contributed by atoms with Crippen molar-refractivity contribution in [3.63, 3.8) is 0 Å². The summed E-state index contributed by atoms with van der Waals surface area (Å²) in [6.45, 7) is 11.0. The van der Waals surface area contributed by atoms with Gasteiger partial charge in [0.15, 0.2) is 5.96 Å². The molecule has 1 heterocycles. The lowest BCUT2D eigenvalue weighted by molar-refractivity contribution is -0.127. The zero-order valence-corrected chi connectivity index (χ0v) is 17.4. The third-order valence-electron chi connectivity index (χ3n) is 3.87. The minimum atomic E-state index is 0. The summed E-state index contributed by atoms with van der Waals surface area (Å²) < 4.78 is 0. The van der Waals surface area contributed by atoms with Crippen LogP contribution in [0.1, 0.15) is 59.3 Å². The highest BCUT2D eigenvalue weighted by molar-refractivity contribution is 14.0. The van der Waals surface area contributed by atoms with Crippen LogP contribution in [0.3, 0.4) is 0 Å². The van der Waals surface area contributed by atoms with Crippen LogP contribution in [0, 0.1) is 5.92 Å². The van der Waals surface area contributed by atoms with E-state index in [0.29, 0.717) is 5.91 Å². The molecule has 0 saturated carbocycles. The smallest absolute Gasteiger partial charge is 0.222 e.